The monoisotopic (exact) mass is 527 g/mol. The third kappa shape index (κ3) is 5.58. The van der Waals surface area contributed by atoms with Crippen molar-refractivity contribution in [1.29, 1.82) is 0 Å². The van der Waals surface area contributed by atoms with Gasteiger partial charge in [0.2, 0.25) is 0 Å². The number of hydrogen-bond acceptors (Lipinski definition) is 7. The summed E-state index contributed by atoms with van der Waals surface area (Å²) in [5.74, 6) is -0.360. The Bertz CT molecular complexity index is 1420. The molecule has 6 rings (SSSR count). The van der Waals surface area contributed by atoms with Crippen molar-refractivity contribution < 1.29 is 4.39 Å². The Labute approximate surface area is 225 Å². The van der Waals surface area contributed by atoms with E-state index in [-0.39, 0.29) is 5.82 Å². The Morgan fingerprint density at radius 3 is 2.55 bits per heavy atom. The van der Waals surface area contributed by atoms with Crippen LogP contribution in [0.1, 0.15) is 43.0 Å². The third-order valence-corrected chi connectivity index (χ3v) is 8.12. The van der Waals surface area contributed by atoms with Gasteiger partial charge in [-0.15, -0.1) is 0 Å². The van der Waals surface area contributed by atoms with Crippen LogP contribution in [-0.2, 0) is 0 Å². The van der Waals surface area contributed by atoms with Crippen LogP contribution < -0.4 is 15.8 Å². The molecule has 3 aromatic heterocycles. The fourth-order valence-corrected chi connectivity index (χ4v) is 5.48. The van der Waals surface area contributed by atoms with Crippen LogP contribution in [0.2, 0.25) is 0 Å². The molecule has 0 atom stereocenters. The second kappa shape index (κ2) is 11.0. The lowest BCUT2D eigenvalue weighted by atomic mass is 9.98. The van der Waals surface area contributed by atoms with Crippen LogP contribution in [0, 0.1) is 5.82 Å². The van der Waals surface area contributed by atoms with Crippen molar-refractivity contribution in [3.05, 3.63) is 90.5 Å². The molecule has 1 saturated heterocycles. The first-order chi connectivity index (χ1) is 18.7. The molecule has 0 radical (unpaired) electrons. The number of anilines is 1. The van der Waals surface area contributed by atoms with Crippen LogP contribution in [0.3, 0.4) is 0 Å². The van der Waals surface area contributed by atoms with E-state index in [2.05, 4.69) is 43.1 Å². The minimum Gasteiger partial charge on any atom is -0.404 e. The summed E-state index contributed by atoms with van der Waals surface area (Å²) in [6.07, 6.45) is 13.4. The number of nitrogens with one attached hydrogen (secondary N) is 2. The van der Waals surface area contributed by atoms with Gasteiger partial charge in [-0.05, 0) is 92.7 Å². The molecule has 4 N–H and O–H groups in total. The van der Waals surface area contributed by atoms with Crippen LogP contribution in [0.4, 0.5) is 10.1 Å². The van der Waals surface area contributed by atoms with E-state index in [9.17, 15) is 4.39 Å². The highest BCUT2D eigenvalue weighted by atomic mass is 32.2. The highest BCUT2D eigenvalue weighted by molar-refractivity contribution is 8.01. The number of rotatable bonds is 8. The Balaban J connectivity index is 1.28. The maximum atomic E-state index is 13.5. The van der Waals surface area contributed by atoms with E-state index in [4.69, 9.17) is 10.7 Å². The Morgan fingerprint density at radius 2 is 1.84 bits per heavy atom. The number of nitrogens with two attached hydrogens (primary N) is 1. The first kappa shape index (κ1) is 24.6. The summed E-state index contributed by atoms with van der Waals surface area (Å²) in [6, 6.07) is 13.7. The number of hydrogen-bond donors (Lipinski definition) is 3. The zero-order valence-corrected chi connectivity index (χ0v) is 21.8. The van der Waals surface area contributed by atoms with Crippen LogP contribution in [0.5, 0.6) is 0 Å². The predicted molar refractivity (Wildman–Crippen MR) is 152 cm³/mol. The van der Waals surface area contributed by atoms with Crippen molar-refractivity contribution in [2.24, 2.45) is 5.73 Å². The molecule has 7 nitrogen and oxygen atoms in total. The molecular formula is C29H30FN7S. The SMILES string of the molecule is NC=C(c1cc(NSC2CC2)cc(-c2ccc(F)cn2)c1)c1ccc(-c2cnn(C3CCNCC3)c2)cn1. The van der Waals surface area contributed by atoms with Crippen LogP contribution >= 0.6 is 11.9 Å². The van der Waals surface area contributed by atoms with Gasteiger partial charge in [-0.25, -0.2) is 4.39 Å². The Kier molecular flexibility index (Phi) is 7.11. The van der Waals surface area contributed by atoms with Gasteiger partial charge >= 0.3 is 0 Å². The predicted octanol–water partition coefficient (Wildman–Crippen LogP) is 5.64. The number of benzene rings is 1. The van der Waals surface area contributed by atoms with Gasteiger partial charge in [0.15, 0.2) is 0 Å². The van der Waals surface area contributed by atoms with E-state index < -0.39 is 0 Å². The van der Waals surface area contributed by atoms with E-state index in [1.807, 2.05) is 30.6 Å². The van der Waals surface area contributed by atoms with Gasteiger partial charge in [0.05, 0.1) is 29.8 Å². The lowest BCUT2D eigenvalue weighted by Crippen LogP contribution is -2.29. The Morgan fingerprint density at radius 1 is 0.974 bits per heavy atom. The number of pyridine rings is 2. The molecule has 1 aromatic carbocycles. The third-order valence-electron chi connectivity index (χ3n) is 6.96. The van der Waals surface area contributed by atoms with Gasteiger partial charge in [-0.1, -0.05) is 6.07 Å². The van der Waals surface area contributed by atoms with Crippen molar-refractivity contribution in [2.45, 2.75) is 37.0 Å². The van der Waals surface area contributed by atoms with Crippen molar-refractivity contribution >= 4 is 23.2 Å². The van der Waals surface area contributed by atoms with E-state index >= 15 is 0 Å². The minimum atomic E-state index is -0.360. The van der Waals surface area contributed by atoms with E-state index in [1.165, 1.54) is 25.1 Å². The van der Waals surface area contributed by atoms with Crippen molar-refractivity contribution in [2.75, 3.05) is 17.8 Å². The van der Waals surface area contributed by atoms with E-state index in [0.29, 0.717) is 17.0 Å². The van der Waals surface area contributed by atoms with Crippen molar-refractivity contribution in [3.63, 3.8) is 0 Å². The quantitative estimate of drug-likeness (QED) is 0.255. The number of aromatic nitrogens is 4. The Hall–Kier alpha value is -3.69. The summed E-state index contributed by atoms with van der Waals surface area (Å²) in [5.41, 5.74) is 13.2. The van der Waals surface area contributed by atoms with Gasteiger partial charge in [-0.3, -0.25) is 14.6 Å². The summed E-state index contributed by atoms with van der Waals surface area (Å²) in [7, 11) is 0. The summed E-state index contributed by atoms with van der Waals surface area (Å²) in [4.78, 5) is 9.06. The summed E-state index contributed by atoms with van der Waals surface area (Å²) < 4.78 is 19.1. The molecule has 1 aliphatic heterocycles. The lowest BCUT2D eigenvalue weighted by Gasteiger charge is -2.22. The fraction of sp³-hybridized carbons (Fsp3) is 0.276. The first-order valence-corrected chi connectivity index (χ1v) is 13.9. The van der Waals surface area contributed by atoms with Crippen LogP contribution in [-0.4, -0.2) is 38.1 Å². The molecular weight excluding hydrogens is 497 g/mol. The van der Waals surface area contributed by atoms with Gasteiger partial charge in [-0.2, -0.15) is 5.10 Å². The van der Waals surface area contributed by atoms with Crippen molar-refractivity contribution in [3.8, 4) is 22.4 Å². The zero-order valence-electron chi connectivity index (χ0n) is 21.0. The molecule has 38 heavy (non-hydrogen) atoms. The molecule has 1 aliphatic carbocycles. The molecule has 4 aromatic rings. The molecule has 0 bridgehead atoms. The average molecular weight is 528 g/mol. The molecule has 0 amide bonds. The zero-order chi connectivity index (χ0) is 25.9. The fourth-order valence-electron chi connectivity index (χ4n) is 4.69. The van der Waals surface area contributed by atoms with Gasteiger partial charge in [0.1, 0.15) is 5.82 Å². The number of halogens is 1. The summed E-state index contributed by atoms with van der Waals surface area (Å²) in [5, 5.41) is 8.66. The van der Waals surface area contributed by atoms with Gasteiger partial charge < -0.3 is 15.8 Å². The number of piperidine rings is 1. The molecule has 1 saturated carbocycles. The normalized spacial score (nSPS) is 16.5. The molecule has 4 heterocycles. The topological polar surface area (TPSA) is 93.7 Å². The average Bonchev–Trinajstić information content (AvgIpc) is 3.67. The summed E-state index contributed by atoms with van der Waals surface area (Å²) in [6.45, 7) is 2.05. The minimum absolute atomic E-state index is 0.360. The van der Waals surface area contributed by atoms with E-state index in [0.717, 1.165) is 65.1 Å². The van der Waals surface area contributed by atoms with Crippen molar-refractivity contribution in [1.82, 2.24) is 25.1 Å². The van der Waals surface area contributed by atoms with Gasteiger partial charge in [0, 0.05) is 51.8 Å². The second-order valence-corrected chi connectivity index (χ2v) is 10.9. The molecule has 9 heteroatoms. The van der Waals surface area contributed by atoms with Gasteiger partial charge in [0.25, 0.3) is 0 Å². The lowest BCUT2D eigenvalue weighted by molar-refractivity contribution is 0.343. The van der Waals surface area contributed by atoms with Crippen LogP contribution in [0.25, 0.3) is 28.0 Å². The first-order valence-electron chi connectivity index (χ1n) is 13.0. The maximum absolute atomic E-state index is 13.5. The highest BCUT2D eigenvalue weighted by Gasteiger charge is 2.22. The standard InChI is InChI=1S/C29H30FN7S/c30-23-2-6-28(34-17-23)21-11-20(12-24(13-21)36-38-26-3-4-26)27(14-31)29-5-1-19(15-33-29)22-16-35-37(18-22)25-7-9-32-10-8-25/h1-2,5-6,11-18,25-26,32,36H,3-4,7-10,31H2. The second-order valence-electron chi connectivity index (χ2n) is 9.78. The molecule has 2 fully saturated rings. The highest BCUT2D eigenvalue weighted by Crippen LogP contribution is 2.37. The summed E-state index contributed by atoms with van der Waals surface area (Å²) >= 11 is 1.73. The maximum Gasteiger partial charge on any atom is 0.141 e. The number of nitrogens with zero attached hydrogens (tertiary/aromatic N) is 4. The molecule has 0 spiro atoms. The smallest absolute Gasteiger partial charge is 0.141 e. The van der Waals surface area contributed by atoms with Crippen LogP contribution in [0.15, 0.2) is 73.5 Å². The molecule has 2 aliphatic rings. The molecule has 194 valence electrons. The molecule has 0 unspecified atom stereocenters. The largest absolute Gasteiger partial charge is 0.404 e. The van der Waals surface area contributed by atoms with E-state index in [1.54, 1.807) is 24.2 Å².